The minimum absolute atomic E-state index is 0.0218. The monoisotopic (exact) mass is 389 g/mol. The highest BCUT2D eigenvalue weighted by Crippen LogP contribution is 2.25. The van der Waals surface area contributed by atoms with Crippen molar-refractivity contribution in [3.63, 3.8) is 0 Å². The van der Waals surface area contributed by atoms with Gasteiger partial charge in [0.15, 0.2) is 5.82 Å². The highest BCUT2D eigenvalue weighted by Gasteiger charge is 2.22. The van der Waals surface area contributed by atoms with Crippen LogP contribution in [0.2, 0.25) is 0 Å². The van der Waals surface area contributed by atoms with Gasteiger partial charge in [-0.2, -0.15) is 5.10 Å². The molecule has 6 heteroatoms. The highest BCUT2D eigenvalue weighted by molar-refractivity contribution is 5.94. The van der Waals surface area contributed by atoms with Gasteiger partial charge in [0.2, 0.25) is 0 Å². The van der Waals surface area contributed by atoms with Crippen molar-refractivity contribution < 1.29 is 4.79 Å². The van der Waals surface area contributed by atoms with E-state index in [9.17, 15) is 4.79 Å². The molecule has 1 aliphatic heterocycles. The lowest BCUT2D eigenvalue weighted by Crippen LogP contribution is -2.38. The predicted octanol–water partition coefficient (Wildman–Crippen LogP) is 3.73. The third-order valence-corrected chi connectivity index (χ3v) is 5.53. The van der Waals surface area contributed by atoms with Crippen molar-refractivity contribution >= 4 is 11.7 Å². The zero-order valence-corrected chi connectivity index (χ0v) is 17.0. The van der Waals surface area contributed by atoms with Gasteiger partial charge in [0.25, 0.3) is 5.91 Å². The van der Waals surface area contributed by atoms with Crippen molar-refractivity contribution in [2.45, 2.75) is 26.7 Å². The number of H-pyrrole nitrogens is 1. The largest absolute Gasteiger partial charge is 0.355 e. The van der Waals surface area contributed by atoms with Gasteiger partial charge in [0.1, 0.15) is 0 Å². The third-order valence-electron chi connectivity index (χ3n) is 5.53. The van der Waals surface area contributed by atoms with Crippen LogP contribution in [0.3, 0.4) is 0 Å². The van der Waals surface area contributed by atoms with E-state index in [2.05, 4.69) is 37.5 Å². The van der Waals surface area contributed by atoms with Crippen molar-refractivity contribution in [3.05, 3.63) is 65.5 Å². The molecule has 6 nitrogen and oxygen atoms in total. The lowest BCUT2D eigenvalue weighted by atomic mass is 9.96. The minimum Gasteiger partial charge on any atom is -0.355 e. The summed E-state index contributed by atoms with van der Waals surface area (Å²) in [4.78, 5) is 18.8. The zero-order chi connectivity index (χ0) is 20.2. The van der Waals surface area contributed by atoms with Crippen molar-refractivity contribution in [2.75, 3.05) is 24.5 Å². The van der Waals surface area contributed by atoms with Crippen LogP contribution in [0.1, 0.15) is 34.3 Å². The first kappa shape index (κ1) is 19.2. The summed E-state index contributed by atoms with van der Waals surface area (Å²) in [5, 5.41) is 10.7. The maximum absolute atomic E-state index is 12.5. The fourth-order valence-corrected chi connectivity index (χ4v) is 3.96. The topological polar surface area (TPSA) is 73.9 Å². The average Bonchev–Trinajstić information content (AvgIpc) is 3.22. The molecule has 1 fully saturated rings. The summed E-state index contributed by atoms with van der Waals surface area (Å²) in [5.41, 5.74) is 5.08. The Morgan fingerprint density at radius 1 is 1.10 bits per heavy atom. The Morgan fingerprint density at radius 3 is 2.48 bits per heavy atom. The molecule has 1 aromatic carbocycles. The molecule has 3 aromatic rings. The summed E-state index contributed by atoms with van der Waals surface area (Å²) in [7, 11) is 0. The summed E-state index contributed by atoms with van der Waals surface area (Å²) in [6.07, 6.45) is 5.66. The number of anilines is 1. The maximum Gasteiger partial charge on any atom is 0.251 e. The molecule has 4 rings (SSSR count). The molecule has 150 valence electrons. The lowest BCUT2D eigenvalue weighted by molar-refractivity contribution is 0.0944. The molecular formula is C23H27N5O. The van der Waals surface area contributed by atoms with E-state index in [1.54, 1.807) is 12.4 Å². The summed E-state index contributed by atoms with van der Waals surface area (Å²) in [6.45, 7) is 6.67. The van der Waals surface area contributed by atoms with Gasteiger partial charge in [-0.3, -0.25) is 14.9 Å². The van der Waals surface area contributed by atoms with Crippen molar-refractivity contribution in [3.8, 4) is 11.3 Å². The summed E-state index contributed by atoms with van der Waals surface area (Å²) in [5.74, 6) is 1.50. The Bertz CT molecular complexity index is 954. The number of hydrogen-bond acceptors (Lipinski definition) is 4. The molecule has 1 saturated heterocycles. The Morgan fingerprint density at radius 2 is 1.79 bits per heavy atom. The fourth-order valence-electron chi connectivity index (χ4n) is 3.96. The van der Waals surface area contributed by atoms with E-state index in [1.165, 1.54) is 0 Å². The number of rotatable bonds is 5. The fraction of sp³-hybridized carbons (Fsp3) is 0.348. The number of aryl methyl sites for hydroxylation is 2. The first-order valence-electron chi connectivity index (χ1n) is 10.2. The quantitative estimate of drug-likeness (QED) is 0.697. The van der Waals surface area contributed by atoms with Gasteiger partial charge >= 0.3 is 0 Å². The van der Waals surface area contributed by atoms with Gasteiger partial charge in [0.05, 0.1) is 5.69 Å². The van der Waals surface area contributed by atoms with Crippen LogP contribution < -0.4 is 10.2 Å². The molecule has 2 aromatic heterocycles. The number of carbonyl (C=O) groups excluding carboxylic acids is 1. The number of aromatic amines is 1. The van der Waals surface area contributed by atoms with Crippen LogP contribution in [0, 0.1) is 19.8 Å². The summed E-state index contributed by atoms with van der Waals surface area (Å²) in [6, 6.07) is 12.0. The van der Waals surface area contributed by atoms with E-state index in [1.807, 2.05) is 38.1 Å². The van der Waals surface area contributed by atoms with Crippen LogP contribution >= 0.6 is 0 Å². The van der Waals surface area contributed by atoms with E-state index in [4.69, 9.17) is 0 Å². The first-order chi connectivity index (χ1) is 14.1. The van der Waals surface area contributed by atoms with Crippen LogP contribution in [0.4, 0.5) is 5.82 Å². The van der Waals surface area contributed by atoms with E-state index < -0.39 is 0 Å². The first-order valence-corrected chi connectivity index (χ1v) is 10.2. The molecule has 0 saturated carbocycles. The van der Waals surface area contributed by atoms with Gasteiger partial charge in [-0.05, 0) is 56.9 Å². The number of piperidine rings is 1. The lowest BCUT2D eigenvalue weighted by Gasteiger charge is -2.32. The number of hydrogen-bond donors (Lipinski definition) is 2. The van der Waals surface area contributed by atoms with Gasteiger partial charge < -0.3 is 10.2 Å². The number of pyridine rings is 1. The predicted molar refractivity (Wildman–Crippen MR) is 115 cm³/mol. The van der Waals surface area contributed by atoms with Crippen molar-refractivity contribution in [2.24, 2.45) is 5.92 Å². The van der Waals surface area contributed by atoms with Crippen LogP contribution in [0.5, 0.6) is 0 Å². The molecule has 2 N–H and O–H groups in total. The smallest absolute Gasteiger partial charge is 0.251 e. The van der Waals surface area contributed by atoms with Gasteiger partial charge in [-0.1, -0.05) is 17.2 Å². The second-order valence-electron chi connectivity index (χ2n) is 7.89. The molecule has 3 heterocycles. The van der Waals surface area contributed by atoms with E-state index in [0.29, 0.717) is 5.92 Å². The molecule has 1 amide bonds. The summed E-state index contributed by atoms with van der Waals surface area (Å²) >= 11 is 0. The number of nitrogens with zero attached hydrogens (tertiary/aromatic N) is 3. The van der Waals surface area contributed by atoms with Crippen LogP contribution in [-0.2, 0) is 0 Å². The van der Waals surface area contributed by atoms with Crippen LogP contribution in [0.15, 0.2) is 48.8 Å². The highest BCUT2D eigenvalue weighted by atomic mass is 16.1. The summed E-state index contributed by atoms with van der Waals surface area (Å²) < 4.78 is 0. The molecule has 1 aliphatic rings. The zero-order valence-electron chi connectivity index (χ0n) is 17.0. The average molecular weight is 390 g/mol. The van der Waals surface area contributed by atoms with Crippen molar-refractivity contribution in [1.29, 1.82) is 0 Å². The molecular weight excluding hydrogens is 362 g/mol. The second-order valence-corrected chi connectivity index (χ2v) is 7.89. The molecule has 0 unspecified atom stereocenters. The van der Waals surface area contributed by atoms with E-state index >= 15 is 0 Å². The molecule has 0 bridgehead atoms. The van der Waals surface area contributed by atoms with Gasteiger partial charge in [-0.25, -0.2) is 0 Å². The standard InChI is InChI=1S/C23H27N5O/c1-16-11-17(2)13-20(12-16)23(29)25-15-18-5-9-28(10-6-18)22-14-21(26-27-22)19-3-7-24-8-4-19/h3-4,7-8,11-14,18H,5-6,9-10,15H2,1-2H3,(H,25,29)(H,26,27). The number of nitrogens with one attached hydrogen (secondary N) is 2. The van der Waals surface area contributed by atoms with Gasteiger partial charge in [-0.15, -0.1) is 0 Å². The number of carbonyl (C=O) groups is 1. The number of amides is 1. The normalized spacial score (nSPS) is 14.8. The third kappa shape index (κ3) is 4.65. The Labute approximate surface area is 171 Å². The SMILES string of the molecule is Cc1cc(C)cc(C(=O)NCC2CCN(c3cc(-c4ccncc4)[nH]n3)CC2)c1. The minimum atomic E-state index is 0.0218. The number of benzene rings is 1. The molecule has 0 atom stereocenters. The number of aromatic nitrogens is 3. The molecule has 0 aliphatic carbocycles. The Hall–Kier alpha value is -3.15. The molecule has 0 radical (unpaired) electrons. The van der Waals surface area contributed by atoms with E-state index in [-0.39, 0.29) is 5.91 Å². The van der Waals surface area contributed by atoms with Crippen LogP contribution in [-0.4, -0.2) is 40.7 Å². The van der Waals surface area contributed by atoms with E-state index in [0.717, 1.165) is 66.2 Å². The second kappa shape index (κ2) is 8.47. The maximum atomic E-state index is 12.5. The molecule has 0 spiro atoms. The Kier molecular flexibility index (Phi) is 5.60. The molecule has 29 heavy (non-hydrogen) atoms. The Balaban J connectivity index is 1.29. The van der Waals surface area contributed by atoms with Gasteiger partial charge in [0, 0.05) is 49.2 Å². The van der Waals surface area contributed by atoms with Crippen molar-refractivity contribution in [1.82, 2.24) is 20.5 Å². The van der Waals surface area contributed by atoms with Crippen LogP contribution in [0.25, 0.3) is 11.3 Å².